The first-order valence-electron chi connectivity index (χ1n) is 6.28. The Kier molecular flexibility index (Phi) is 3.85. The minimum absolute atomic E-state index is 0.0295. The zero-order valence-electron chi connectivity index (χ0n) is 10.7. The Morgan fingerprint density at radius 3 is 2.47 bits per heavy atom. The summed E-state index contributed by atoms with van der Waals surface area (Å²) in [6, 6.07) is 5.83. The Labute approximate surface area is 111 Å². The van der Waals surface area contributed by atoms with Crippen molar-refractivity contribution >= 4 is 11.9 Å². The summed E-state index contributed by atoms with van der Waals surface area (Å²) in [6.07, 6.45) is 0.706. The van der Waals surface area contributed by atoms with Gasteiger partial charge in [0.15, 0.2) is 0 Å². The molecule has 0 spiro atoms. The molecule has 2 unspecified atom stereocenters. The topological polar surface area (TPSA) is 77.8 Å². The monoisotopic (exact) mass is 263 g/mol. The van der Waals surface area contributed by atoms with Gasteiger partial charge in [0, 0.05) is 12.1 Å². The molecule has 1 saturated heterocycles. The third-order valence-electron chi connectivity index (χ3n) is 3.60. The van der Waals surface area contributed by atoms with E-state index in [1.54, 1.807) is 24.3 Å². The van der Waals surface area contributed by atoms with Crippen molar-refractivity contribution in [1.29, 1.82) is 0 Å². The van der Waals surface area contributed by atoms with Crippen LogP contribution in [0.25, 0.3) is 0 Å². The fourth-order valence-corrected chi connectivity index (χ4v) is 2.47. The molecular formula is C14H17NO4. The predicted molar refractivity (Wildman–Crippen MR) is 68.6 cm³/mol. The highest BCUT2D eigenvalue weighted by Crippen LogP contribution is 2.26. The molecule has 0 aliphatic carbocycles. The molecule has 0 radical (unpaired) electrons. The first-order valence-corrected chi connectivity index (χ1v) is 6.28. The molecule has 102 valence electrons. The molecule has 0 saturated carbocycles. The largest absolute Gasteiger partial charge is 0.480 e. The van der Waals surface area contributed by atoms with Crippen LogP contribution in [0.3, 0.4) is 0 Å². The van der Waals surface area contributed by atoms with Crippen LogP contribution in [-0.2, 0) is 11.4 Å². The van der Waals surface area contributed by atoms with E-state index in [9.17, 15) is 14.7 Å². The van der Waals surface area contributed by atoms with Gasteiger partial charge in [-0.2, -0.15) is 0 Å². The molecule has 2 N–H and O–H groups in total. The van der Waals surface area contributed by atoms with Crippen LogP contribution in [0.2, 0.25) is 0 Å². The van der Waals surface area contributed by atoms with Gasteiger partial charge in [-0.3, -0.25) is 4.79 Å². The third kappa shape index (κ3) is 2.61. The molecule has 0 bridgehead atoms. The average Bonchev–Trinajstić information content (AvgIpc) is 2.80. The highest BCUT2D eigenvalue weighted by Gasteiger charge is 2.39. The zero-order chi connectivity index (χ0) is 14.0. The molecule has 2 atom stereocenters. The molecule has 2 rings (SSSR count). The Hall–Kier alpha value is -1.88. The summed E-state index contributed by atoms with van der Waals surface area (Å²) in [5.41, 5.74) is 1.18. The number of benzene rings is 1. The number of carboxylic acids is 1. The second-order valence-electron chi connectivity index (χ2n) is 4.90. The van der Waals surface area contributed by atoms with E-state index in [1.165, 1.54) is 4.90 Å². The van der Waals surface area contributed by atoms with Crippen LogP contribution in [0.5, 0.6) is 0 Å². The number of carboxylic acid groups (broad SMARTS) is 1. The summed E-state index contributed by atoms with van der Waals surface area (Å²) in [7, 11) is 0. The molecule has 5 nitrogen and oxygen atoms in total. The van der Waals surface area contributed by atoms with Gasteiger partial charge in [0.2, 0.25) is 0 Å². The maximum absolute atomic E-state index is 12.3. The summed E-state index contributed by atoms with van der Waals surface area (Å²) in [4.78, 5) is 25.0. The van der Waals surface area contributed by atoms with Gasteiger partial charge in [-0.1, -0.05) is 19.1 Å². The van der Waals surface area contributed by atoms with E-state index in [1.807, 2.05) is 6.92 Å². The van der Waals surface area contributed by atoms with Gasteiger partial charge in [0.1, 0.15) is 6.04 Å². The second kappa shape index (κ2) is 5.40. The molecular weight excluding hydrogens is 246 g/mol. The van der Waals surface area contributed by atoms with E-state index >= 15 is 0 Å². The van der Waals surface area contributed by atoms with Crippen LogP contribution in [0.4, 0.5) is 0 Å². The highest BCUT2D eigenvalue weighted by atomic mass is 16.4. The van der Waals surface area contributed by atoms with E-state index in [0.29, 0.717) is 18.5 Å². The summed E-state index contributed by atoms with van der Waals surface area (Å²) < 4.78 is 0. The zero-order valence-corrected chi connectivity index (χ0v) is 10.7. The number of carbonyl (C=O) groups excluding carboxylic acids is 1. The van der Waals surface area contributed by atoms with E-state index < -0.39 is 12.0 Å². The lowest BCUT2D eigenvalue weighted by atomic mass is 10.0. The van der Waals surface area contributed by atoms with Crippen molar-refractivity contribution in [2.45, 2.75) is 26.0 Å². The molecule has 1 amide bonds. The van der Waals surface area contributed by atoms with Gasteiger partial charge in [-0.15, -0.1) is 0 Å². The van der Waals surface area contributed by atoms with Crippen molar-refractivity contribution < 1.29 is 19.8 Å². The molecule has 1 aromatic rings. The van der Waals surface area contributed by atoms with Gasteiger partial charge in [0.25, 0.3) is 5.91 Å². The quantitative estimate of drug-likeness (QED) is 0.856. The lowest BCUT2D eigenvalue weighted by Gasteiger charge is -2.23. The number of aliphatic hydroxyl groups is 1. The Bertz CT molecular complexity index is 483. The normalized spacial score (nSPS) is 22.5. The number of nitrogens with zero attached hydrogens (tertiary/aromatic N) is 1. The van der Waals surface area contributed by atoms with Gasteiger partial charge < -0.3 is 15.1 Å². The second-order valence-corrected chi connectivity index (χ2v) is 4.90. The number of carbonyl (C=O) groups is 2. The Balaban J connectivity index is 2.20. The highest BCUT2D eigenvalue weighted by molar-refractivity contribution is 5.97. The van der Waals surface area contributed by atoms with Crippen molar-refractivity contribution in [3.05, 3.63) is 35.4 Å². The summed E-state index contributed by atoms with van der Waals surface area (Å²) in [5.74, 6) is -1.25. The van der Waals surface area contributed by atoms with Crippen LogP contribution in [-0.4, -0.2) is 39.6 Å². The number of aliphatic hydroxyl groups excluding tert-OH is 1. The first-order chi connectivity index (χ1) is 9.04. The number of amides is 1. The van der Waals surface area contributed by atoms with E-state index in [0.717, 1.165) is 5.56 Å². The minimum atomic E-state index is -0.953. The molecule has 0 aromatic heterocycles. The Morgan fingerprint density at radius 1 is 1.32 bits per heavy atom. The molecule has 1 aliphatic heterocycles. The lowest BCUT2D eigenvalue weighted by molar-refractivity contribution is -0.142. The molecule has 1 aromatic carbocycles. The van der Waals surface area contributed by atoms with Crippen LogP contribution < -0.4 is 0 Å². The van der Waals surface area contributed by atoms with Gasteiger partial charge in [-0.05, 0) is 30.0 Å². The number of hydrogen-bond acceptors (Lipinski definition) is 3. The Morgan fingerprint density at radius 2 is 1.95 bits per heavy atom. The van der Waals surface area contributed by atoms with Crippen molar-refractivity contribution in [2.24, 2.45) is 5.92 Å². The lowest BCUT2D eigenvalue weighted by Crippen LogP contribution is -2.42. The maximum atomic E-state index is 12.3. The van der Waals surface area contributed by atoms with Crippen LogP contribution in [0.1, 0.15) is 29.3 Å². The third-order valence-corrected chi connectivity index (χ3v) is 3.60. The van der Waals surface area contributed by atoms with Gasteiger partial charge in [-0.25, -0.2) is 4.79 Å². The number of rotatable bonds is 3. The molecule has 19 heavy (non-hydrogen) atoms. The van der Waals surface area contributed by atoms with E-state index in [2.05, 4.69) is 0 Å². The first kappa shape index (κ1) is 13.5. The summed E-state index contributed by atoms with van der Waals surface area (Å²) in [6.45, 7) is 2.24. The minimum Gasteiger partial charge on any atom is -0.480 e. The van der Waals surface area contributed by atoms with Crippen molar-refractivity contribution in [3.63, 3.8) is 0 Å². The SMILES string of the molecule is CC1CCN(C(=O)c2ccc(CO)cc2)C1C(=O)O. The standard InChI is InChI=1S/C14H17NO4/c1-9-6-7-15(12(9)14(18)19)13(17)11-4-2-10(8-16)3-5-11/h2-5,9,12,16H,6-8H2,1H3,(H,18,19). The molecule has 5 heteroatoms. The van der Waals surface area contributed by atoms with E-state index in [-0.39, 0.29) is 18.4 Å². The fraction of sp³-hybridized carbons (Fsp3) is 0.429. The van der Waals surface area contributed by atoms with Gasteiger partial charge >= 0.3 is 5.97 Å². The van der Waals surface area contributed by atoms with Crippen molar-refractivity contribution in [1.82, 2.24) is 4.90 Å². The smallest absolute Gasteiger partial charge is 0.326 e. The number of hydrogen-bond donors (Lipinski definition) is 2. The van der Waals surface area contributed by atoms with Crippen LogP contribution >= 0.6 is 0 Å². The maximum Gasteiger partial charge on any atom is 0.326 e. The fourth-order valence-electron chi connectivity index (χ4n) is 2.47. The molecule has 1 fully saturated rings. The van der Waals surface area contributed by atoms with Crippen LogP contribution in [0.15, 0.2) is 24.3 Å². The van der Waals surface area contributed by atoms with Crippen molar-refractivity contribution in [3.8, 4) is 0 Å². The summed E-state index contributed by atoms with van der Waals surface area (Å²) >= 11 is 0. The average molecular weight is 263 g/mol. The number of likely N-dealkylation sites (tertiary alicyclic amines) is 1. The molecule has 1 aliphatic rings. The van der Waals surface area contributed by atoms with Crippen molar-refractivity contribution in [2.75, 3.05) is 6.54 Å². The predicted octanol–water partition coefficient (Wildman–Crippen LogP) is 1.11. The molecule has 1 heterocycles. The van der Waals surface area contributed by atoms with Gasteiger partial charge in [0.05, 0.1) is 6.61 Å². The summed E-state index contributed by atoms with van der Waals surface area (Å²) in [5, 5.41) is 18.2. The van der Waals surface area contributed by atoms with E-state index in [4.69, 9.17) is 5.11 Å². The van der Waals surface area contributed by atoms with Crippen LogP contribution in [0, 0.1) is 5.92 Å². The number of aliphatic carboxylic acids is 1.